The van der Waals surface area contributed by atoms with Gasteiger partial charge in [-0.25, -0.2) is 4.39 Å². The number of rotatable bonds is 5. The average molecular weight is 466 g/mol. The third kappa shape index (κ3) is 6.64. The molecule has 4 nitrogen and oxygen atoms in total. The van der Waals surface area contributed by atoms with Crippen molar-refractivity contribution in [2.75, 3.05) is 13.6 Å². The minimum absolute atomic E-state index is 0. The zero-order valence-electron chi connectivity index (χ0n) is 15.3. The van der Waals surface area contributed by atoms with Crippen LogP contribution in [0.1, 0.15) is 27.8 Å². The Hall–Kier alpha value is -2.14. The Bertz CT molecular complexity index is 792. The molecule has 0 radical (unpaired) electrons. The van der Waals surface area contributed by atoms with Gasteiger partial charge in [0.2, 0.25) is 0 Å². The maximum absolute atomic E-state index is 13.8. The van der Waals surface area contributed by atoms with E-state index in [1.165, 1.54) is 28.8 Å². The molecular formula is C20H24FIN4. The zero-order chi connectivity index (χ0) is 18.2. The predicted molar refractivity (Wildman–Crippen MR) is 114 cm³/mol. The smallest absolute Gasteiger partial charge is 0.191 e. The van der Waals surface area contributed by atoms with Crippen molar-refractivity contribution >= 4 is 29.9 Å². The molecule has 2 aromatic rings. The number of aliphatic imine (C=N–C) groups is 1. The lowest BCUT2D eigenvalue weighted by atomic mass is 10.1. The topological polar surface area (TPSA) is 60.2 Å². The number of hydrogen-bond acceptors (Lipinski definition) is 2. The monoisotopic (exact) mass is 466 g/mol. The number of hydrogen-bond donors (Lipinski definition) is 2. The van der Waals surface area contributed by atoms with Crippen molar-refractivity contribution in [1.29, 1.82) is 5.26 Å². The third-order valence-electron chi connectivity index (χ3n) is 3.83. The van der Waals surface area contributed by atoms with Crippen molar-refractivity contribution in [3.8, 4) is 6.07 Å². The van der Waals surface area contributed by atoms with Crippen LogP contribution in [0, 0.1) is 31.0 Å². The summed E-state index contributed by atoms with van der Waals surface area (Å²) in [6, 6.07) is 12.8. The average Bonchev–Trinajstić information content (AvgIpc) is 2.58. The van der Waals surface area contributed by atoms with Gasteiger partial charge in [0.05, 0.1) is 11.6 Å². The van der Waals surface area contributed by atoms with Gasteiger partial charge in [-0.2, -0.15) is 5.26 Å². The van der Waals surface area contributed by atoms with Crippen LogP contribution >= 0.6 is 24.0 Å². The van der Waals surface area contributed by atoms with Gasteiger partial charge in [-0.15, -0.1) is 24.0 Å². The van der Waals surface area contributed by atoms with Crippen LogP contribution < -0.4 is 10.6 Å². The Kier molecular flexibility index (Phi) is 9.07. The summed E-state index contributed by atoms with van der Waals surface area (Å²) >= 11 is 0. The molecule has 0 amide bonds. The first-order valence-corrected chi connectivity index (χ1v) is 8.22. The van der Waals surface area contributed by atoms with Gasteiger partial charge in [-0.05, 0) is 44.0 Å². The number of guanidine groups is 1. The maximum atomic E-state index is 13.8. The van der Waals surface area contributed by atoms with E-state index in [0.29, 0.717) is 17.1 Å². The van der Waals surface area contributed by atoms with Crippen LogP contribution in [0.4, 0.5) is 4.39 Å². The molecule has 0 atom stereocenters. The summed E-state index contributed by atoms with van der Waals surface area (Å²) in [4.78, 5) is 4.15. The number of nitrogens with zero attached hydrogens (tertiary/aromatic N) is 2. The molecule has 26 heavy (non-hydrogen) atoms. The van der Waals surface area contributed by atoms with Crippen molar-refractivity contribution in [2.45, 2.75) is 26.8 Å². The van der Waals surface area contributed by atoms with Crippen LogP contribution in [0.2, 0.25) is 0 Å². The fraction of sp³-hybridized carbons (Fsp3) is 0.300. The third-order valence-corrected chi connectivity index (χ3v) is 3.83. The molecule has 2 N–H and O–H groups in total. The first-order valence-electron chi connectivity index (χ1n) is 8.22. The van der Waals surface area contributed by atoms with Gasteiger partial charge in [0.15, 0.2) is 5.96 Å². The molecule has 0 saturated heterocycles. The molecule has 2 aromatic carbocycles. The minimum Gasteiger partial charge on any atom is -0.356 e. The van der Waals surface area contributed by atoms with Crippen molar-refractivity contribution < 1.29 is 4.39 Å². The first-order chi connectivity index (χ1) is 12.0. The number of benzene rings is 2. The molecule has 6 heteroatoms. The van der Waals surface area contributed by atoms with Gasteiger partial charge in [0, 0.05) is 25.7 Å². The number of halogens is 2. The Morgan fingerprint density at radius 3 is 2.42 bits per heavy atom. The molecule has 0 bridgehead atoms. The van der Waals surface area contributed by atoms with Crippen LogP contribution in [-0.4, -0.2) is 19.6 Å². The molecule has 0 aliphatic rings. The second-order valence-corrected chi connectivity index (χ2v) is 6.02. The lowest BCUT2D eigenvalue weighted by molar-refractivity contribution is 0.604. The molecule has 0 aliphatic heterocycles. The molecule has 0 saturated carbocycles. The van der Waals surface area contributed by atoms with E-state index in [1.807, 2.05) is 6.07 Å². The van der Waals surface area contributed by atoms with E-state index in [1.54, 1.807) is 13.1 Å². The Balaban J connectivity index is 0.00000338. The lowest BCUT2D eigenvalue weighted by Gasteiger charge is -2.13. The minimum atomic E-state index is -0.336. The summed E-state index contributed by atoms with van der Waals surface area (Å²) in [5.74, 6) is 0.267. The molecule has 138 valence electrons. The van der Waals surface area contributed by atoms with E-state index in [-0.39, 0.29) is 36.3 Å². The van der Waals surface area contributed by atoms with Gasteiger partial charge in [0.25, 0.3) is 0 Å². The van der Waals surface area contributed by atoms with Crippen molar-refractivity contribution in [2.24, 2.45) is 4.99 Å². The van der Waals surface area contributed by atoms with Crippen LogP contribution in [-0.2, 0) is 13.0 Å². The number of aryl methyl sites for hydroxylation is 2. The van der Waals surface area contributed by atoms with E-state index in [9.17, 15) is 4.39 Å². The first kappa shape index (κ1) is 21.9. The maximum Gasteiger partial charge on any atom is 0.191 e. The molecular weight excluding hydrogens is 442 g/mol. The van der Waals surface area contributed by atoms with Crippen molar-refractivity contribution in [3.63, 3.8) is 0 Å². The van der Waals surface area contributed by atoms with Crippen LogP contribution in [0.15, 0.2) is 41.4 Å². The molecule has 2 rings (SSSR count). The summed E-state index contributed by atoms with van der Waals surface area (Å²) in [6.07, 6.45) is 0.876. The van der Waals surface area contributed by atoms with Crippen LogP contribution in [0.3, 0.4) is 0 Å². The molecule has 0 unspecified atom stereocenters. The normalized spacial score (nSPS) is 10.7. The van der Waals surface area contributed by atoms with E-state index in [0.717, 1.165) is 13.0 Å². The molecule has 0 heterocycles. The van der Waals surface area contributed by atoms with E-state index in [4.69, 9.17) is 5.26 Å². The standard InChI is InChI=1S/C20H23FN4.HI/c1-14-8-15(2)10-16(9-14)6-7-24-20(23-3)25-13-18-11-17(12-22)4-5-19(18)21;/h4-5,8-11H,6-7,13H2,1-3H3,(H2,23,24,25);1H. The predicted octanol–water partition coefficient (Wildman–Crippen LogP) is 3.84. The Morgan fingerprint density at radius 2 is 1.81 bits per heavy atom. The van der Waals surface area contributed by atoms with E-state index in [2.05, 4.69) is 47.7 Å². The SMILES string of the molecule is CN=C(NCCc1cc(C)cc(C)c1)NCc1cc(C#N)ccc1F.I. The lowest BCUT2D eigenvalue weighted by Crippen LogP contribution is -2.38. The van der Waals surface area contributed by atoms with Gasteiger partial charge in [-0.3, -0.25) is 4.99 Å². The van der Waals surface area contributed by atoms with E-state index >= 15 is 0 Å². The molecule has 0 aliphatic carbocycles. The van der Waals surface area contributed by atoms with Crippen LogP contribution in [0.5, 0.6) is 0 Å². The Labute approximate surface area is 171 Å². The number of nitriles is 1. The highest BCUT2D eigenvalue weighted by Crippen LogP contribution is 2.10. The van der Waals surface area contributed by atoms with Crippen molar-refractivity contribution in [1.82, 2.24) is 10.6 Å². The number of nitrogens with one attached hydrogen (secondary N) is 2. The highest BCUT2D eigenvalue weighted by molar-refractivity contribution is 14.0. The second-order valence-electron chi connectivity index (χ2n) is 6.02. The molecule has 0 fully saturated rings. The highest BCUT2D eigenvalue weighted by Gasteiger charge is 2.05. The van der Waals surface area contributed by atoms with E-state index < -0.39 is 0 Å². The summed E-state index contributed by atoms with van der Waals surface area (Å²) in [6.45, 7) is 5.18. The zero-order valence-corrected chi connectivity index (χ0v) is 17.6. The molecule has 0 aromatic heterocycles. The summed E-state index contributed by atoms with van der Waals surface area (Å²) in [7, 11) is 1.67. The summed E-state index contributed by atoms with van der Waals surface area (Å²) in [5, 5.41) is 15.2. The van der Waals surface area contributed by atoms with Crippen molar-refractivity contribution in [3.05, 3.63) is 70.0 Å². The highest BCUT2D eigenvalue weighted by atomic mass is 127. The largest absolute Gasteiger partial charge is 0.356 e. The fourth-order valence-electron chi connectivity index (χ4n) is 2.72. The van der Waals surface area contributed by atoms with Gasteiger partial charge in [0.1, 0.15) is 5.82 Å². The quantitative estimate of drug-likeness (QED) is 0.400. The van der Waals surface area contributed by atoms with Gasteiger partial charge < -0.3 is 10.6 Å². The summed E-state index contributed by atoms with van der Waals surface area (Å²) < 4.78 is 13.8. The van der Waals surface area contributed by atoms with Crippen LogP contribution in [0.25, 0.3) is 0 Å². The van der Waals surface area contributed by atoms with Gasteiger partial charge >= 0.3 is 0 Å². The van der Waals surface area contributed by atoms with Gasteiger partial charge in [-0.1, -0.05) is 29.3 Å². The summed E-state index contributed by atoms with van der Waals surface area (Å²) in [5.41, 5.74) is 4.66. The fourth-order valence-corrected chi connectivity index (χ4v) is 2.72. The second kappa shape index (κ2) is 10.8. The molecule has 0 spiro atoms. The Morgan fingerprint density at radius 1 is 1.12 bits per heavy atom.